The van der Waals surface area contributed by atoms with Gasteiger partial charge in [-0.2, -0.15) is 0 Å². The average molecular weight is 222 g/mol. The van der Waals surface area contributed by atoms with E-state index in [1.807, 2.05) is 13.8 Å². The van der Waals surface area contributed by atoms with Crippen LogP contribution in [-0.4, -0.2) is 23.1 Å². The number of hydrogen-bond donors (Lipinski definition) is 2. The van der Waals surface area contributed by atoms with E-state index in [1.54, 1.807) is 6.20 Å². The lowest BCUT2D eigenvalue weighted by molar-refractivity contribution is 0.529. The Hall–Kier alpha value is -1.16. The molecule has 90 valence electrons. The summed E-state index contributed by atoms with van der Waals surface area (Å²) in [6.07, 6.45) is 4.06. The van der Waals surface area contributed by atoms with E-state index < -0.39 is 0 Å². The fourth-order valence-corrected chi connectivity index (χ4v) is 1.48. The van der Waals surface area contributed by atoms with Crippen LogP contribution >= 0.6 is 0 Å². The van der Waals surface area contributed by atoms with Crippen LogP contribution in [0.15, 0.2) is 6.20 Å². The van der Waals surface area contributed by atoms with E-state index in [4.69, 9.17) is 5.73 Å². The van der Waals surface area contributed by atoms with E-state index in [-0.39, 0.29) is 0 Å². The van der Waals surface area contributed by atoms with Crippen molar-refractivity contribution in [3.63, 3.8) is 0 Å². The standard InChI is InChI=1S/C12H22N4/c1-9(7-13)5-4-6-14-12-11(3)15-8-10(2)16-12/h8-9H,4-7,13H2,1-3H3,(H,14,16). The molecule has 1 aromatic heterocycles. The van der Waals surface area contributed by atoms with Gasteiger partial charge in [0.25, 0.3) is 0 Å². The quantitative estimate of drug-likeness (QED) is 0.721. The Morgan fingerprint density at radius 2 is 2.19 bits per heavy atom. The molecule has 0 saturated heterocycles. The number of anilines is 1. The fraction of sp³-hybridized carbons (Fsp3) is 0.667. The number of rotatable bonds is 6. The minimum Gasteiger partial charge on any atom is -0.369 e. The van der Waals surface area contributed by atoms with Crippen LogP contribution in [-0.2, 0) is 0 Å². The van der Waals surface area contributed by atoms with Crippen molar-refractivity contribution in [3.05, 3.63) is 17.6 Å². The van der Waals surface area contributed by atoms with Gasteiger partial charge in [-0.05, 0) is 39.2 Å². The first-order valence-corrected chi connectivity index (χ1v) is 5.87. The van der Waals surface area contributed by atoms with Gasteiger partial charge in [-0.15, -0.1) is 0 Å². The Morgan fingerprint density at radius 3 is 2.88 bits per heavy atom. The van der Waals surface area contributed by atoms with Crippen LogP contribution in [0.4, 0.5) is 5.82 Å². The summed E-state index contributed by atoms with van der Waals surface area (Å²) in [7, 11) is 0. The van der Waals surface area contributed by atoms with Crippen molar-refractivity contribution in [2.75, 3.05) is 18.4 Å². The highest BCUT2D eigenvalue weighted by molar-refractivity contribution is 5.39. The molecular weight excluding hydrogens is 200 g/mol. The highest BCUT2D eigenvalue weighted by Crippen LogP contribution is 2.09. The van der Waals surface area contributed by atoms with Crippen molar-refractivity contribution < 1.29 is 0 Å². The van der Waals surface area contributed by atoms with E-state index in [9.17, 15) is 0 Å². The normalized spacial score (nSPS) is 12.5. The lowest BCUT2D eigenvalue weighted by Crippen LogP contribution is -2.13. The lowest BCUT2D eigenvalue weighted by Gasteiger charge is -2.10. The van der Waals surface area contributed by atoms with Crippen LogP contribution in [0.5, 0.6) is 0 Å². The average Bonchev–Trinajstić information content (AvgIpc) is 2.28. The van der Waals surface area contributed by atoms with E-state index >= 15 is 0 Å². The first kappa shape index (κ1) is 12.9. The molecule has 0 fully saturated rings. The monoisotopic (exact) mass is 222 g/mol. The maximum atomic E-state index is 5.57. The van der Waals surface area contributed by atoms with Gasteiger partial charge in [0.15, 0.2) is 0 Å². The van der Waals surface area contributed by atoms with E-state index in [2.05, 4.69) is 22.2 Å². The van der Waals surface area contributed by atoms with Crippen LogP contribution in [0, 0.1) is 19.8 Å². The second-order valence-corrected chi connectivity index (χ2v) is 4.36. The van der Waals surface area contributed by atoms with Crippen molar-refractivity contribution in [2.45, 2.75) is 33.6 Å². The Balaban J connectivity index is 2.34. The van der Waals surface area contributed by atoms with E-state index in [0.29, 0.717) is 5.92 Å². The second-order valence-electron chi connectivity index (χ2n) is 4.36. The maximum absolute atomic E-state index is 5.57. The third kappa shape index (κ3) is 4.14. The molecule has 0 radical (unpaired) electrons. The molecule has 4 heteroatoms. The van der Waals surface area contributed by atoms with Crippen molar-refractivity contribution in [3.8, 4) is 0 Å². The van der Waals surface area contributed by atoms with Crippen molar-refractivity contribution >= 4 is 5.82 Å². The molecule has 3 N–H and O–H groups in total. The fourth-order valence-electron chi connectivity index (χ4n) is 1.48. The van der Waals surface area contributed by atoms with E-state index in [0.717, 1.165) is 43.1 Å². The Bertz CT molecular complexity index is 325. The molecule has 0 aliphatic heterocycles. The van der Waals surface area contributed by atoms with Gasteiger partial charge in [-0.25, -0.2) is 4.98 Å². The number of aryl methyl sites for hydroxylation is 2. The number of aromatic nitrogens is 2. The Labute approximate surface area is 97.7 Å². The van der Waals surface area contributed by atoms with Gasteiger partial charge < -0.3 is 11.1 Å². The summed E-state index contributed by atoms with van der Waals surface area (Å²) in [4.78, 5) is 8.67. The summed E-state index contributed by atoms with van der Waals surface area (Å²) in [6.45, 7) is 7.80. The molecule has 0 saturated carbocycles. The second kappa shape index (κ2) is 6.43. The van der Waals surface area contributed by atoms with Gasteiger partial charge in [0.1, 0.15) is 5.82 Å². The van der Waals surface area contributed by atoms with Crippen LogP contribution in [0.3, 0.4) is 0 Å². The molecular formula is C12H22N4. The number of nitrogens with one attached hydrogen (secondary N) is 1. The van der Waals surface area contributed by atoms with Crippen LogP contribution in [0.2, 0.25) is 0 Å². The molecule has 4 nitrogen and oxygen atoms in total. The smallest absolute Gasteiger partial charge is 0.147 e. The first-order valence-electron chi connectivity index (χ1n) is 5.87. The van der Waals surface area contributed by atoms with E-state index in [1.165, 1.54) is 0 Å². The van der Waals surface area contributed by atoms with Gasteiger partial charge in [-0.1, -0.05) is 6.92 Å². The van der Waals surface area contributed by atoms with Crippen molar-refractivity contribution in [2.24, 2.45) is 11.7 Å². The van der Waals surface area contributed by atoms with Crippen LogP contribution < -0.4 is 11.1 Å². The van der Waals surface area contributed by atoms with Gasteiger partial charge in [-0.3, -0.25) is 4.98 Å². The molecule has 0 amide bonds. The number of nitrogens with two attached hydrogens (primary N) is 1. The highest BCUT2D eigenvalue weighted by atomic mass is 15.0. The zero-order valence-corrected chi connectivity index (χ0v) is 10.5. The van der Waals surface area contributed by atoms with Gasteiger partial charge in [0.2, 0.25) is 0 Å². The summed E-state index contributed by atoms with van der Waals surface area (Å²) in [5.41, 5.74) is 7.47. The minimum absolute atomic E-state index is 0.603. The molecule has 0 bridgehead atoms. The molecule has 0 spiro atoms. The van der Waals surface area contributed by atoms with Crippen molar-refractivity contribution in [1.29, 1.82) is 0 Å². The predicted molar refractivity (Wildman–Crippen MR) is 67.4 cm³/mol. The lowest BCUT2D eigenvalue weighted by atomic mass is 10.1. The largest absolute Gasteiger partial charge is 0.369 e. The van der Waals surface area contributed by atoms with Gasteiger partial charge in [0.05, 0.1) is 11.4 Å². The molecule has 1 aromatic rings. The molecule has 1 heterocycles. The molecule has 1 rings (SSSR count). The minimum atomic E-state index is 0.603. The topological polar surface area (TPSA) is 63.8 Å². The summed E-state index contributed by atoms with van der Waals surface area (Å²) >= 11 is 0. The number of nitrogens with zero attached hydrogens (tertiary/aromatic N) is 2. The molecule has 16 heavy (non-hydrogen) atoms. The van der Waals surface area contributed by atoms with Crippen molar-refractivity contribution in [1.82, 2.24) is 9.97 Å². The van der Waals surface area contributed by atoms with Gasteiger partial charge in [0, 0.05) is 12.7 Å². The third-order valence-corrected chi connectivity index (χ3v) is 2.64. The maximum Gasteiger partial charge on any atom is 0.147 e. The SMILES string of the molecule is Cc1cnc(C)c(NCCCC(C)CN)n1. The van der Waals surface area contributed by atoms with Crippen LogP contribution in [0.1, 0.15) is 31.2 Å². The predicted octanol–water partition coefficient (Wildman–Crippen LogP) is 1.88. The molecule has 1 unspecified atom stereocenters. The summed E-state index contributed by atoms with van der Waals surface area (Å²) in [5.74, 6) is 1.51. The third-order valence-electron chi connectivity index (χ3n) is 2.64. The zero-order valence-electron chi connectivity index (χ0n) is 10.5. The Morgan fingerprint density at radius 1 is 1.44 bits per heavy atom. The van der Waals surface area contributed by atoms with Gasteiger partial charge >= 0.3 is 0 Å². The first-order chi connectivity index (χ1) is 7.63. The Kier molecular flexibility index (Phi) is 5.19. The highest BCUT2D eigenvalue weighted by Gasteiger charge is 2.02. The molecule has 0 aromatic carbocycles. The summed E-state index contributed by atoms with van der Waals surface area (Å²) < 4.78 is 0. The number of hydrogen-bond acceptors (Lipinski definition) is 4. The zero-order chi connectivity index (χ0) is 12.0. The summed E-state index contributed by atoms with van der Waals surface area (Å²) in [6, 6.07) is 0. The molecule has 0 aliphatic rings. The molecule has 0 aliphatic carbocycles. The summed E-state index contributed by atoms with van der Waals surface area (Å²) in [5, 5.41) is 3.32. The van der Waals surface area contributed by atoms with Crippen LogP contribution in [0.25, 0.3) is 0 Å². The molecule has 1 atom stereocenters.